The van der Waals surface area contributed by atoms with Crippen LogP contribution in [-0.2, 0) is 0 Å². The maximum Gasteiger partial charge on any atom is 0.251 e. The summed E-state index contributed by atoms with van der Waals surface area (Å²) in [5, 5.41) is 6.64. The third kappa shape index (κ3) is 4.10. The summed E-state index contributed by atoms with van der Waals surface area (Å²) >= 11 is 6.01. The van der Waals surface area contributed by atoms with Crippen molar-refractivity contribution >= 4 is 23.3 Å². The van der Waals surface area contributed by atoms with Gasteiger partial charge in [-0.05, 0) is 43.2 Å². The molecule has 0 bridgehead atoms. The van der Waals surface area contributed by atoms with Gasteiger partial charge in [-0.15, -0.1) is 0 Å². The highest BCUT2D eigenvalue weighted by Gasteiger charge is 2.30. The maximum absolute atomic E-state index is 12.4. The van der Waals surface area contributed by atoms with Crippen LogP contribution in [0.5, 0.6) is 0 Å². The van der Waals surface area contributed by atoms with Crippen LogP contribution in [0.15, 0.2) is 12.1 Å². The molecule has 2 N–H and O–H groups in total. The summed E-state index contributed by atoms with van der Waals surface area (Å²) in [6.45, 7) is 7.34. The highest BCUT2D eigenvalue weighted by Crippen LogP contribution is 2.31. The van der Waals surface area contributed by atoms with Gasteiger partial charge in [0.05, 0.1) is 0 Å². The first-order valence-corrected chi connectivity index (χ1v) is 8.11. The van der Waals surface area contributed by atoms with E-state index >= 15 is 0 Å². The van der Waals surface area contributed by atoms with E-state index in [0.29, 0.717) is 28.4 Å². The quantitative estimate of drug-likeness (QED) is 0.815. The Morgan fingerprint density at radius 1 is 1.38 bits per heavy atom. The average Bonchev–Trinajstić information content (AvgIpc) is 2.76. The number of carbonyl (C=O) groups excluding carboxylic acids is 1. The molecule has 1 fully saturated rings. The van der Waals surface area contributed by atoms with Crippen LogP contribution in [0.4, 0.5) is 5.82 Å². The van der Waals surface area contributed by atoms with Crippen molar-refractivity contribution in [2.75, 3.05) is 11.9 Å². The Labute approximate surface area is 131 Å². The van der Waals surface area contributed by atoms with E-state index in [-0.39, 0.29) is 11.9 Å². The van der Waals surface area contributed by atoms with Crippen molar-refractivity contribution in [2.45, 2.75) is 46.1 Å². The minimum absolute atomic E-state index is 0.0650. The fourth-order valence-electron chi connectivity index (χ4n) is 2.79. The molecule has 1 aromatic heterocycles. The lowest BCUT2D eigenvalue weighted by Gasteiger charge is -2.20. The van der Waals surface area contributed by atoms with E-state index in [4.69, 9.17) is 11.6 Å². The molecule has 21 heavy (non-hydrogen) atoms. The SMILES string of the molecule is CCCNc1cc(C(=O)NC2CCC(C)C2C)cc(Cl)n1. The van der Waals surface area contributed by atoms with Crippen LogP contribution in [0.2, 0.25) is 5.15 Å². The molecule has 4 nitrogen and oxygen atoms in total. The molecule has 1 heterocycles. The second-order valence-corrected chi connectivity index (χ2v) is 6.37. The van der Waals surface area contributed by atoms with Crippen LogP contribution in [0.3, 0.4) is 0 Å². The zero-order valence-electron chi connectivity index (χ0n) is 12.9. The number of nitrogens with zero attached hydrogens (tertiary/aromatic N) is 1. The molecule has 0 spiro atoms. The Kier molecular flexibility index (Phi) is 5.45. The number of hydrogen-bond acceptors (Lipinski definition) is 3. The first kappa shape index (κ1) is 16.1. The van der Waals surface area contributed by atoms with Crippen molar-refractivity contribution in [1.82, 2.24) is 10.3 Å². The van der Waals surface area contributed by atoms with Gasteiger partial charge in [0, 0.05) is 18.2 Å². The fourth-order valence-corrected chi connectivity index (χ4v) is 3.00. The van der Waals surface area contributed by atoms with Gasteiger partial charge in [0.25, 0.3) is 5.91 Å². The number of anilines is 1. The predicted molar refractivity (Wildman–Crippen MR) is 86.8 cm³/mol. The fraction of sp³-hybridized carbons (Fsp3) is 0.625. The van der Waals surface area contributed by atoms with Gasteiger partial charge in [-0.3, -0.25) is 4.79 Å². The summed E-state index contributed by atoms with van der Waals surface area (Å²) < 4.78 is 0. The minimum Gasteiger partial charge on any atom is -0.370 e. The maximum atomic E-state index is 12.4. The molecular weight excluding hydrogens is 286 g/mol. The molecule has 0 aromatic carbocycles. The first-order valence-electron chi connectivity index (χ1n) is 7.73. The zero-order chi connectivity index (χ0) is 15.4. The van der Waals surface area contributed by atoms with Gasteiger partial charge in [0.2, 0.25) is 0 Å². The van der Waals surface area contributed by atoms with Gasteiger partial charge in [0.1, 0.15) is 11.0 Å². The Bertz CT molecular complexity index is 506. The summed E-state index contributed by atoms with van der Waals surface area (Å²) in [6, 6.07) is 3.64. The summed E-state index contributed by atoms with van der Waals surface area (Å²) in [4.78, 5) is 16.6. The lowest BCUT2D eigenvalue weighted by molar-refractivity contribution is 0.0927. The van der Waals surface area contributed by atoms with Crippen LogP contribution >= 0.6 is 11.6 Å². The lowest BCUT2D eigenvalue weighted by Crippen LogP contribution is -2.37. The highest BCUT2D eigenvalue weighted by molar-refractivity contribution is 6.29. The van der Waals surface area contributed by atoms with E-state index in [9.17, 15) is 4.79 Å². The lowest BCUT2D eigenvalue weighted by atomic mass is 9.97. The highest BCUT2D eigenvalue weighted by atomic mass is 35.5. The molecule has 1 aliphatic rings. The molecule has 116 valence electrons. The average molecular weight is 310 g/mol. The molecule has 1 aliphatic carbocycles. The monoisotopic (exact) mass is 309 g/mol. The standard InChI is InChI=1S/C16H24ClN3O/c1-4-7-18-15-9-12(8-14(17)20-15)16(21)19-13-6-5-10(2)11(13)3/h8-11,13H,4-7H2,1-3H3,(H,18,20)(H,19,21). The molecule has 2 rings (SSSR count). The van der Waals surface area contributed by atoms with Crippen molar-refractivity contribution < 1.29 is 4.79 Å². The Morgan fingerprint density at radius 3 is 2.76 bits per heavy atom. The van der Waals surface area contributed by atoms with Gasteiger partial charge in [-0.1, -0.05) is 32.4 Å². The topological polar surface area (TPSA) is 54.0 Å². The van der Waals surface area contributed by atoms with E-state index in [2.05, 4.69) is 36.4 Å². The van der Waals surface area contributed by atoms with Crippen LogP contribution in [0, 0.1) is 11.8 Å². The molecular formula is C16H24ClN3O. The normalized spacial score (nSPS) is 24.9. The van der Waals surface area contributed by atoms with Gasteiger partial charge in [-0.2, -0.15) is 0 Å². The number of hydrogen-bond donors (Lipinski definition) is 2. The number of pyridine rings is 1. The van der Waals surface area contributed by atoms with Gasteiger partial charge in [0.15, 0.2) is 0 Å². The van der Waals surface area contributed by atoms with Crippen LogP contribution in [-0.4, -0.2) is 23.5 Å². The number of rotatable bonds is 5. The molecule has 3 unspecified atom stereocenters. The molecule has 0 saturated heterocycles. The largest absolute Gasteiger partial charge is 0.370 e. The molecule has 0 radical (unpaired) electrons. The third-order valence-electron chi connectivity index (χ3n) is 4.39. The van der Waals surface area contributed by atoms with Crippen molar-refractivity contribution in [2.24, 2.45) is 11.8 Å². The van der Waals surface area contributed by atoms with Crippen molar-refractivity contribution in [1.29, 1.82) is 0 Å². The Morgan fingerprint density at radius 2 is 2.14 bits per heavy atom. The van der Waals surface area contributed by atoms with E-state index in [1.807, 2.05) is 0 Å². The summed E-state index contributed by atoms with van der Waals surface area (Å²) in [5.41, 5.74) is 0.570. The Hall–Kier alpha value is -1.29. The van der Waals surface area contributed by atoms with Crippen molar-refractivity contribution in [3.05, 3.63) is 22.8 Å². The van der Waals surface area contributed by atoms with Gasteiger partial charge < -0.3 is 10.6 Å². The Balaban J connectivity index is 2.06. The number of aromatic nitrogens is 1. The molecule has 1 aromatic rings. The summed E-state index contributed by atoms with van der Waals surface area (Å²) in [7, 11) is 0. The molecule has 0 aliphatic heterocycles. The molecule has 1 saturated carbocycles. The first-order chi connectivity index (χ1) is 10.0. The second-order valence-electron chi connectivity index (χ2n) is 5.98. The van der Waals surface area contributed by atoms with E-state index in [1.54, 1.807) is 12.1 Å². The molecule has 5 heteroatoms. The van der Waals surface area contributed by atoms with Crippen molar-refractivity contribution in [3.8, 4) is 0 Å². The number of carbonyl (C=O) groups is 1. The molecule has 3 atom stereocenters. The van der Waals surface area contributed by atoms with Crippen LogP contribution in [0.1, 0.15) is 50.4 Å². The zero-order valence-corrected chi connectivity index (χ0v) is 13.7. The smallest absolute Gasteiger partial charge is 0.251 e. The predicted octanol–water partition coefficient (Wildman–Crippen LogP) is 3.72. The van der Waals surface area contributed by atoms with Gasteiger partial charge in [-0.25, -0.2) is 4.98 Å². The number of amides is 1. The van der Waals surface area contributed by atoms with Crippen molar-refractivity contribution in [3.63, 3.8) is 0 Å². The minimum atomic E-state index is -0.0650. The molecule has 1 amide bonds. The van der Waals surface area contributed by atoms with E-state index < -0.39 is 0 Å². The van der Waals surface area contributed by atoms with Crippen LogP contribution in [0.25, 0.3) is 0 Å². The summed E-state index contributed by atoms with van der Waals surface area (Å²) in [5.74, 6) is 1.77. The number of halogens is 1. The van der Waals surface area contributed by atoms with Gasteiger partial charge >= 0.3 is 0 Å². The summed E-state index contributed by atoms with van der Waals surface area (Å²) in [6.07, 6.45) is 3.22. The van der Waals surface area contributed by atoms with Crippen LogP contribution < -0.4 is 10.6 Å². The van der Waals surface area contributed by atoms with E-state index in [0.717, 1.165) is 19.4 Å². The van der Waals surface area contributed by atoms with E-state index in [1.165, 1.54) is 6.42 Å². The number of nitrogens with one attached hydrogen (secondary N) is 2. The second kappa shape index (κ2) is 7.12. The third-order valence-corrected chi connectivity index (χ3v) is 4.59.